The van der Waals surface area contributed by atoms with Crippen LogP contribution in [0.2, 0.25) is 0 Å². The van der Waals surface area contributed by atoms with E-state index in [0.29, 0.717) is 11.5 Å². The number of halogens is 1. The highest BCUT2D eigenvalue weighted by Crippen LogP contribution is 2.31. The highest BCUT2D eigenvalue weighted by Gasteiger charge is 2.34. The predicted octanol–water partition coefficient (Wildman–Crippen LogP) is 2.48. The number of benzene rings is 1. The van der Waals surface area contributed by atoms with Crippen LogP contribution in [0.25, 0.3) is 0 Å². The van der Waals surface area contributed by atoms with E-state index in [2.05, 4.69) is 6.92 Å². The normalized spacial score (nSPS) is 23.5. The van der Waals surface area contributed by atoms with Crippen LogP contribution in [0.3, 0.4) is 0 Å². The molecule has 0 aromatic heterocycles. The second kappa shape index (κ2) is 6.42. The summed E-state index contributed by atoms with van der Waals surface area (Å²) in [6.07, 6.45) is 3.98. The van der Waals surface area contributed by atoms with Gasteiger partial charge in [0.2, 0.25) is 10.0 Å². The van der Waals surface area contributed by atoms with E-state index in [1.807, 2.05) is 0 Å². The second-order valence-electron chi connectivity index (χ2n) is 5.82. The number of hydrogen-bond donors (Lipinski definition) is 1. The van der Waals surface area contributed by atoms with Crippen molar-refractivity contribution < 1.29 is 12.8 Å². The number of nitrogens with zero attached hydrogens (tertiary/aromatic N) is 1. The number of sulfonamides is 1. The molecule has 0 radical (unpaired) electrons. The van der Waals surface area contributed by atoms with Gasteiger partial charge in [0.15, 0.2) is 0 Å². The smallest absolute Gasteiger partial charge is 0.246 e. The fourth-order valence-corrected chi connectivity index (χ4v) is 4.64. The predicted molar refractivity (Wildman–Crippen MR) is 80.7 cm³/mol. The molecule has 0 aliphatic heterocycles. The molecule has 2 atom stereocenters. The number of rotatable bonds is 4. The summed E-state index contributed by atoms with van der Waals surface area (Å²) in [6.45, 7) is 2.24. The molecule has 21 heavy (non-hydrogen) atoms. The zero-order chi connectivity index (χ0) is 15.6. The van der Waals surface area contributed by atoms with Gasteiger partial charge in [-0.15, -0.1) is 0 Å². The van der Waals surface area contributed by atoms with Gasteiger partial charge in [-0.2, -0.15) is 4.31 Å². The van der Waals surface area contributed by atoms with E-state index in [9.17, 15) is 12.8 Å². The molecule has 1 fully saturated rings. The third kappa shape index (κ3) is 3.27. The van der Waals surface area contributed by atoms with Crippen LogP contribution >= 0.6 is 0 Å². The number of hydrogen-bond acceptors (Lipinski definition) is 3. The molecule has 1 aliphatic rings. The van der Waals surface area contributed by atoms with Gasteiger partial charge >= 0.3 is 0 Å². The summed E-state index contributed by atoms with van der Waals surface area (Å²) in [5.41, 5.74) is 6.13. The van der Waals surface area contributed by atoms with E-state index in [4.69, 9.17) is 5.73 Å². The van der Waals surface area contributed by atoms with Crippen molar-refractivity contribution in [2.24, 2.45) is 11.7 Å². The van der Waals surface area contributed by atoms with Gasteiger partial charge in [-0.05, 0) is 36.5 Å². The molecule has 1 aliphatic carbocycles. The molecule has 0 spiro atoms. The van der Waals surface area contributed by atoms with Gasteiger partial charge in [0.25, 0.3) is 0 Å². The molecular formula is C15H23FN2O2S. The van der Waals surface area contributed by atoms with E-state index in [1.54, 1.807) is 7.05 Å². The van der Waals surface area contributed by atoms with Crippen LogP contribution in [0.5, 0.6) is 0 Å². The minimum Gasteiger partial charge on any atom is -0.326 e. The highest BCUT2D eigenvalue weighted by molar-refractivity contribution is 7.89. The topological polar surface area (TPSA) is 63.4 Å². The Bertz CT molecular complexity index is 604. The summed E-state index contributed by atoms with van der Waals surface area (Å²) >= 11 is 0. The molecule has 1 aromatic rings. The molecule has 0 saturated heterocycles. The minimum atomic E-state index is -3.83. The lowest BCUT2D eigenvalue weighted by molar-refractivity contribution is 0.213. The van der Waals surface area contributed by atoms with Gasteiger partial charge in [0.1, 0.15) is 10.7 Å². The average molecular weight is 314 g/mol. The first-order chi connectivity index (χ1) is 9.87. The molecule has 0 bridgehead atoms. The Morgan fingerprint density at radius 1 is 1.33 bits per heavy atom. The lowest BCUT2D eigenvalue weighted by atomic mass is 9.86. The van der Waals surface area contributed by atoms with Crippen LogP contribution < -0.4 is 5.73 Å². The van der Waals surface area contributed by atoms with Crippen molar-refractivity contribution in [2.75, 3.05) is 7.05 Å². The van der Waals surface area contributed by atoms with Crippen molar-refractivity contribution in [3.8, 4) is 0 Å². The molecule has 1 saturated carbocycles. The SMILES string of the molecule is CC1CCCCC1N(C)S(=O)(=O)c1cc(CN)ccc1F. The first kappa shape index (κ1) is 16.4. The van der Waals surface area contributed by atoms with Gasteiger partial charge in [-0.25, -0.2) is 12.8 Å². The molecule has 1 aromatic carbocycles. The average Bonchev–Trinajstić information content (AvgIpc) is 2.47. The van der Waals surface area contributed by atoms with Crippen LogP contribution in [0.15, 0.2) is 23.1 Å². The van der Waals surface area contributed by atoms with Gasteiger partial charge < -0.3 is 5.73 Å². The minimum absolute atomic E-state index is 0.0651. The summed E-state index contributed by atoms with van der Waals surface area (Å²) in [4.78, 5) is -0.272. The molecule has 0 heterocycles. The third-order valence-electron chi connectivity index (χ3n) is 4.42. The van der Waals surface area contributed by atoms with E-state index in [-0.39, 0.29) is 17.5 Å². The zero-order valence-electron chi connectivity index (χ0n) is 12.5. The second-order valence-corrected chi connectivity index (χ2v) is 7.79. The molecular weight excluding hydrogens is 291 g/mol. The zero-order valence-corrected chi connectivity index (χ0v) is 13.4. The molecule has 2 rings (SSSR count). The molecule has 118 valence electrons. The maximum Gasteiger partial charge on any atom is 0.246 e. The van der Waals surface area contributed by atoms with Crippen LogP contribution in [0.1, 0.15) is 38.2 Å². The van der Waals surface area contributed by atoms with Crippen LogP contribution in [0, 0.1) is 11.7 Å². The van der Waals surface area contributed by atoms with Gasteiger partial charge in [0, 0.05) is 19.6 Å². The fraction of sp³-hybridized carbons (Fsp3) is 0.600. The van der Waals surface area contributed by atoms with Gasteiger partial charge in [-0.1, -0.05) is 25.8 Å². The lowest BCUT2D eigenvalue weighted by Gasteiger charge is -2.35. The summed E-state index contributed by atoms with van der Waals surface area (Å²) in [5.74, 6) is -0.429. The van der Waals surface area contributed by atoms with E-state index >= 15 is 0 Å². The Hall–Kier alpha value is -0.980. The molecule has 2 unspecified atom stereocenters. The van der Waals surface area contributed by atoms with Crippen molar-refractivity contribution in [1.29, 1.82) is 0 Å². The largest absolute Gasteiger partial charge is 0.326 e. The maximum atomic E-state index is 14.0. The quantitative estimate of drug-likeness (QED) is 0.928. The molecule has 6 heteroatoms. The molecule has 0 amide bonds. The summed E-state index contributed by atoms with van der Waals surface area (Å²) in [7, 11) is -2.28. The maximum absolute atomic E-state index is 14.0. The van der Waals surface area contributed by atoms with Crippen LogP contribution in [-0.4, -0.2) is 25.8 Å². The molecule has 4 nitrogen and oxygen atoms in total. The number of nitrogens with two attached hydrogens (primary N) is 1. The van der Waals surface area contributed by atoms with E-state index < -0.39 is 15.8 Å². The van der Waals surface area contributed by atoms with Gasteiger partial charge in [-0.3, -0.25) is 0 Å². The third-order valence-corrected chi connectivity index (χ3v) is 6.32. The highest BCUT2D eigenvalue weighted by atomic mass is 32.2. The van der Waals surface area contributed by atoms with Gasteiger partial charge in [0.05, 0.1) is 0 Å². The standard InChI is InChI=1S/C15H23FN2O2S/c1-11-5-3-4-6-14(11)18(2)21(19,20)15-9-12(10-17)7-8-13(15)16/h7-9,11,14H,3-6,10,17H2,1-2H3. The van der Waals surface area contributed by atoms with Crippen molar-refractivity contribution in [1.82, 2.24) is 4.31 Å². The first-order valence-electron chi connectivity index (χ1n) is 7.34. The lowest BCUT2D eigenvalue weighted by Crippen LogP contribution is -2.42. The Labute approximate surface area is 126 Å². The van der Waals surface area contributed by atoms with Crippen molar-refractivity contribution in [2.45, 2.75) is 50.1 Å². The van der Waals surface area contributed by atoms with E-state index in [1.165, 1.54) is 22.5 Å². The van der Waals surface area contributed by atoms with Crippen molar-refractivity contribution >= 4 is 10.0 Å². The van der Waals surface area contributed by atoms with Crippen molar-refractivity contribution in [3.63, 3.8) is 0 Å². The van der Waals surface area contributed by atoms with E-state index in [0.717, 1.165) is 25.7 Å². The Balaban J connectivity index is 2.36. The summed E-state index contributed by atoms with van der Waals surface area (Å²) < 4.78 is 40.7. The molecule has 2 N–H and O–H groups in total. The Morgan fingerprint density at radius 2 is 2.00 bits per heavy atom. The Kier molecular flexibility index (Phi) is 5.01. The van der Waals surface area contributed by atoms with Crippen LogP contribution in [-0.2, 0) is 16.6 Å². The first-order valence-corrected chi connectivity index (χ1v) is 8.78. The van der Waals surface area contributed by atoms with Crippen molar-refractivity contribution in [3.05, 3.63) is 29.6 Å². The Morgan fingerprint density at radius 3 is 2.62 bits per heavy atom. The summed E-state index contributed by atoms with van der Waals surface area (Å²) in [5, 5.41) is 0. The summed E-state index contributed by atoms with van der Waals surface area (Å²) in [6, 6.07) is 3.96. The van der Waals surface area contributed by atoms with Crippen LogP contribution in [0.4, 0.5) is 4.39 Å². The fourth-order valence-electron chi connectivity index (χ4n) is 3.04. The monoisotopic (exact) mass is 314 g/mol.